The summed E-state index contributed by atoms with van der Waals surface area (Å²) in [7, 11) is 0. The highest BCUT2D eigenvalue weighted by Crippen LogP contribution is 2.16. The fourth-order valence-electron chi connectivity index (χ4n) is 2.20. The van der Waals surface area contributed by atoms with E-state index < -0.39 is 11.6 Å². The Hall–Kier alpha value is -1.75. The zero-order valence-electron chi connectivity index (χ0n) is 12.0. The molecule has 3 nitrogen and oxygen atoms in total. The van der Waals surface area contributed by atoms with Crippen molar-refractivity contribution in [2.45, 2.75) is 33.9 Å². The van der Waals surface area contributed by atoms with Gasteiger partial charge in [-0.1, -0.05) is 13.0 Å². The van der Waals surface area contributed by atoms with Gasteiger partial charge in [0, 0.05) is 17.8 Å². The molecule has 0 radical (unpaired) electrons. The van der Waals surface area contributed by atoms with Crippen molar-refractivity contribution in [2.75, 3.05) is 6.54 Å². The van der Waals surface area contributed by atoms with Crippen LogP contribution >= 0.6 is 0 Å². The summed E-state index contributed by atoms with van der Waals surface area (Å²) in [6.45, 7) is 8.11. The maximum atomic E-state index is 13.2. The van der Waals surface area contributed by atoms with Gasteiger partial charge in [0.25, 0.3) is 0 Å². The third-order valence-electron chi connectivity index (χ3n) is 3.40. The first-order chi connectivity index (χ1) is 9.52. The SMILES string of the molecule is CCNCc1c(C)nn(Cc2ccc(F)c(F)c2)c1C. The third-order valence-corrected chi connectivity index (χ3v) is 3.40. The molecule has 20 heavy (non-hydrogen) atoms. The Morgan fingerprint density at radius 1 is 1.20 bits per heavy atom. The summed E-state index contributed by atoms with van der Waals surface area (Å²) >= 11 is 0. The van der Waals surface area contributed by atoms with Gasteiger partial charge in [-0.15, -0.1) is 0 Å². The van der Waals surface area contributed by atoms with Crippen molar-refractivity contribution in [1.82, 2.24) is 15.1 Å². The summed E-state index contributed by atoms with van der Waals surface area (Å²) < 4.78 is 28.0. The lowest BCUT2D eigenvalue weighted by Crippen LogP contribution is -2.13. The van der Waals surface area contributed by atoms with Crippen LogP contribution in [0, 0.1) is 25.5 Å². The Balaban J connectivity index is 2.23. The molecule has 0 saturated heterocycles. The second kappa shape index (κ2) is 6.13. The van der Waals surface area contributed by atoms with E-state index in [1.165, 1.54) is 6.07 Å². The van der Waals surface area contributed by atoms with Gasteiger partial charge in [-0.2, -0.15) is 5.10 Å². The molecule has 0 bridgehead atoms. The lowest BCUT2D eigenvalue weighted by Gasteiger charge is -2.06. The van der Waals surface area contributed by atoms with Gasteiger partial charge >= 0.3 is 0 Å². The van der Waals surface area contributed by atoms with Crippen molar-refractivity contribution in [1.29, 1.82) is 0 Å². The van der Waals surface area contributed by atoms with Crippen LogP contribution in [-0.2, 0) is 13.1 Å². The topological polar surface area (TPSA) is 29.9 Å². The van der Waals surface area contributed by atoms with Crippen LogP contribution in [0.5, 0.6) is 0 Å². The number of hydrogen-bond donors (Lipinski definition) is 1. The van der Waals surface area contributed by atoms with E-state index in [4.69, 9.17) is 0 Å². The number of nitrogens with zero attached hydrogens (tertiary/aromatic N) is 2. The molecule has 2 aromatic rings. The predicted molar refractivity (Wildman–Crippen MR) is 74.5 cm³/mol. The first-order valence-electron chi connectivity index (χ1n) is 6.70. The highest BCUT2D eigenvalue weighted by Gasteiger charge is 2.12. The highest BCUT2D eigenvalue weighted by molar-refractivity contribution is 5.26. The van der Waals surface area contributed by atoms with Crippen LogP contribution in [0.1, 0.15) is 29.4 Å². The molecule has 0 amide bonds. The van der Waals surface area contributed by atoms with Crippen molar-refractivity contribution in [3.8, 4) is 0 Å². The van der Waals surface area contributed by atoms with Gasteiger partial charge < -0.3 is 5.32 Å². The van der Waals surface area contributed by atoms with E-state index in [-0.39, 0.29) is 0 Å². The second-order valence-electron chi connectivity index (χ2n) is 4.84. The summed E-state index contributed by atoms with van der Waals surface area (Å²) in [6.07, 6.45) is 0. The third kappa shape index (κ3) is 3.04. The van der Waals surface area contributed by atoms with Crippen molar-refractivity contribution >= 4 is 0 Å². The lowest BCUT2D eigenvalue weighted by atomic mass is 10.2. The Morgan fingerprint density at radius 2 is 1.95 bits per heavy atom. The van der Waals surface area contributed by atoms with Crippen LogP contribution in [-0.4, -0.2) is 16.3 Å². The molecule has 0 aliphatic rings. The average molecular weight is 279 g/mol. The second-order valence-corrected chi connectivity index (χ2v) is 4.84. The Bertz CT molecular complexity index is 605. The Labute approximate surface area is 117 Å². The van der Waals surface area contributed by atoms with Crippen LogP contribution in [0.15, 0.2) is 18.2 Å². The number of hydrogen-bond acceptors (Lipinski definition) is 2. The van der Waals surface area contributed by atoms with E-state index in [0.717, 1.165) is 36.1 Å². The van der Waals surface area contributed by atoms with Gasteiger partial charge in [0.05, 0.1) is 12.2 Å². The van der Waals surface area contributed by atoms with Crippen molar-refractivity contribution in [2.24, 2.45) is 0 Å². The fourth-order valence-corrected chi connectivity index (χ4v) is 2.20. The standard InChI is InChI=1S/C15H19F2N3/c1-4-18-8-13-10(2)19-20(11(13)3)9-12-5-6-14(16)15(17)7-12/h5-7,18H,4,8-9H2,1-3H3. The Morgan fingerprint density at radius 3 is 2.60 bits per heavy atom. The van der Waals surface area contributed by atoms with E-state index in [9.17, 15) is 8.78 Å². The van der Waals surface area contributed by atoms with Crippen molar-refractivity contribution < 1.29 is 8.78 Å². The van der Waals surface area contributed by atoms with E-state index in [1.807, 2.05) is 18.5 Å². The van der Waals surface area contributed by atoms with Crippen LogP contribution in [0.2, 0.25) is 0 Å². The number of aryl methyl sites for hydroxylation is 1. The van der Waals surface area contributed by atoms with E-state index >= 15 is 0 Å². The molecule has 108 valence electrons. The molecule has 0 spiro atoms. The smallest absolute Gasteiger partial charge is 0.159 e. The predicted octanol–water partition coefficient (Wildman–Crippen LogP) is 2.94. The summed E-state index contributed by atoms with van der Waals surface area (Å²) in [4.78, 5) is 0. The summed E-state index contributed by atoms with van der Waals surface area (Å²) in [5.41, 5.74) is 3.87. The number of rotatable bonds is 5. The van der Waals surface area contributed by atoms with Gasteiger partial charge in [0.1, 0.15) is 0 Å². The zero-order chi connectivity index (χ0) is 14.7. The van der Waals surface area contributed by atoms with Gasteiger partial charge in [0.2, 0.25) is 0 Å². The molecule has 0 unspecified atom stereocenters. The average Bonchev–Trinajstić information content (AvgIpc) is 2.67. The largest absolute Gasteiger partial charge is 0.313 e. The first kappa shape index (κ1) is 14.7. The summed E-state index contributed by atoms with van der Waals surface area (Å²) in [6, 6.07) is 3.95. The van der Waals surface area contributed by atoms with Crippen LogP contribution < -0.4 is 5.32 Å². The van der Waals surface area contributed by atoms with E-state index in [2.05, 4.69) is 17.3 Å². The van der Waals surface area contributed by atoms with Crippen molar-refractivity contribution in [3.05, 3.63) is 52.3 Å². The molecule has 1 heterocycles. The van der Waals surface area contributed by atoms with Gasteiger partial charge in [-0.05, 0) is 38.1 Å². The molecule has 0 atom stereocenters. The van der Waals surface area contributed by atoms with Crippen molar-refractivity contribution in [3.63, 3.8) is 0 Å². The quantitative estimate of drug-likeness (QED) is 0.912. The molecule has 0 aliphatic heterocycles. The number of aromatic nitrogens is 2. The molecular weight excluding hydrogens is 260 g/mol. The minimum absolute atomic E-state index is 0.440. The summed E-state index contributed by atoms with van der Waals surface area (Å²) in [5, 5.41) is 7.75. The Kier molecular flexibility index (Phi) is 4.49. The zero-order valence-corrected chi connectivity index (χ0v) is 12.0. The first-order valence-corrected chi connectivity index (χ1v) is 6.70. The molecule has 0 saturated carbocycles. The number of halogens is 2. The van der Waals surface area contributed by atoms with Gasteiger partial charge in [-0.3, -0.25) is 4.68 Å². The minimum Gasteiger partial charge on any atom is -0.313 e. The van der Waals surface area contributed by atoms with Crippen LogP contribution in [0.25, 0.3) is 0 Å². The van der Waals surface area contributed by atoms with Crippen LogP contribution in [0.3, 0.4) is 0 Å². The molecule has 1 aromatic carbocycles. The lowest BCUT2D eigenvalue weighted by molar-refractivity contribution is 0.505. The van der Waals surface area contributed by atoms with Gasteiger partial charge in [-0.25, -0.2) is 8.78 Å². The summed E-state index contributed by atoms with van der Waals surface area (Å²) in [5.74, 6) is -1.65. The maximum Gasteiger partial charge on any atom is 0.159 e. The monoisotopic (exact) mass is 279 g/mol. The van der Waals surface area contributed by atoms with Gasteiger partial charge in [0.15, 0.2) is 11.6 Å². The highest BCUT2D eigenvalue weighted by atomic mass is 19.2. The molecule has 1 N–H and O–H groups in total. The fraction of sp³-hybridized carbons (Fsp3) is 0.400. The minimum atomic E-state index is -0.824. The normalized spacial score (nSPS) is 11.1. The molecular formula is C15H19F2N3. The molecule has 5 heteroatoms. The number of nitrogens with one attached hydrogen (secondary N) is 1. The van der Waals surface area contributed by atoms with Crippen LogP contribution in [0.4, 0.5) is 8.78 Å². The van der Waals surface area contributed by atoms with E-state index in [1.54, 1.807) is 6.07 Å². The number of benzene rings is 1. The molecule has 2 rings (SSSR count). The maximum absolute atomic E-state index is 13.2. The van der Waals surface area contributed by atoms with E-state index in [0.29, 0.717) is 12.1 Å². The molecule has 1 aromatic heterocycles. The molecule has 0 aliphatic carbocycles. The molecule has 0 fully saturated rings.